The Morgan fingerprint density at radius 3 is 1.87 bits per heavy atom. The summed E-state index contributed by atoms with van der Waals surface area (Å²) in [5, 5.41) is 8.31. The van der Waals surface area contributed by atoms with Crippen LogP contribution in [0.15, 0.2) is 164 Å². The molecule has 0 aliphatic carbocycles. The van der Waals surface area contributed by atoms with E-state index < -0.39 is 0 Å². The van der Waals surface area contributed by atoms with E-state index in [1.807, 2.05) is 12.3 Å². The van der Waals surface area contributed by atoms with Gasteiger partial charge in [-0.15, -0.1) is 0 Å². The second-order valence-electron chi connectivity index (χ2n) is 12.2. The third-order valence-electron chi connectivity index (χ3n) is 9.61. The van der Waals surface area contributed by atoms with E-state index in [4.69, 9.17) is 9.97 Å². The van der Waals surface area contributed by atoms with Gasteiger partial charge in [0.1, 0.15) is 0 Å². The minimum absolute atomic E-state index is 0.930. The maximum atomic E-state index is 5.15. The van der Waals surface area contributed by atoms with Crippen molar-refractivity contribution in [1.82, 2.24) is 14.5 Å². The zero-order chi connectivity index (χ0) is 30.9. The first-order valence-electron chi connectivity index (χ1n) is 16.0. The molecule has 7 aromatic carbocycles. The highest BCUT2D eigenvalue weighted by atomic mass is 15.0. The van der Waals surface area contributed by atoms with Crippen LogP contribution in [-0.4, -0.2) is 14.5 Å². The van der Waals surface area contributed by atoms with Crippen molar-refractivity contribution in [3.8, 4) is 27.9 Å². The molecule has 0 saturated carbocycles. The summed E-state index contributed by atoms with van der Waals surface area (Å²) in [6, 6.07) is 56.7. The Morgan fingerprint density at radius 2 is 1.09 bits per heavy atom. The fourth-order valence-electron chi connectivity index (χ4n) is 7.56. The first kappa shape index (κ1) is 26.0. The van der Waals surface area contributed by atoms with Gasteiger partial charge < -0.3 is 4.57 Å². The van der Waals surface area contributed by atoms with Gasteiger partial charge in [0, 0.05) is 44.4 Å². The van der Waals surface area contributed by atoms with Gasteiger partial charge in [-0.1, -0.05) is 121 Å². The van der Waals surface area contributed by atoms with Crippen LogP contribution in [0.5, 0.6) is 0 Å². The molecule has 0 spiro atoms. The largest absolute Gasteiger partial charge is 0.309 e. The quantitative estimate of drug-likeness (QED) is 0.150. The summed E-state index contributed by atoms with van der Waals surface area (Å²) in [4.78, 5) is 9.92. The minimum Gasteiger partial charge on any atom is -0.309 e. The van der Waals surface area contributed by atoms with Crippen molar-refractivity contribution in [2.45, 2.75) is 0 Å². The smallest absolute Gasteiger partial charge is 0.0978 e. The van der Waals surface area contributed by atoms with Gasteiger partial charge in [0.15, 0.2) is 0 Å². The Hall–Kier alpha value is -6.32. The molecule has 10 rings (SSSR count). The van der Waals surface area contributed by atoms with Gasteiger partial charge in [0.2, 0.25) is 0 Å². The summed E-state index contributed by atoms with van der Waals surface area (Å²) in [6.07, 6.45) is 1.86. The number of pyridine rings is 2. The van der Waals surface area contributed by atoms with Crippen LogP contribution in [0.25, 0.3) is 93.2 Å². The van der Waals surface area contributed by atoms with Crippen molar-refractivity contribution in [2.24, 2.45) is 0 Å². The molecule has 0 atom stereocenters. The van der Waals surface area contributed by atoms with E-state index in [0.717, 1.165) is 38.4 Å². The second-order valence-corrected chi connectivity index (χ2v) is 12.2. The molecule has 0 fully saturated rings. The number of para-hydroxylation sites is 3. The van der Waals surface area contributed by atoms with E-state index in [1.54, 1.807) is 0 Å². The van der Waals surface area contributed by atoms with Gasteiger partial charge >= 0.3 is 0 Å². The molecule has 3 nitrogen and oxygen atoms in total. The van der Waals surface area contributed by atoms with Crippen molar-refractivity contribution >= 4 is 65.3 Å². The first-order chi connectivity index (χ1) is 23.3. The van der Waals surface area contributed by atoms with Crippen molar-refractivity contribution in [1.29, 1.82) is 0 Å². The van der Waals surface area contributed by atoms with E-state index in [-0.39, 0.29) is 0 Å². The van der Waals surface area contributed by atoms with Crippen molar-refractivity contribution in [2.75, 3.05) is 0 Å². The highest BCUT2D eigenvalue weighted by molar-refractivity contribution is 6.20. The van der Waals surface area contributed by atoms with E-state index in [1.165, 1.54) is 54.8 Å². The number of hydrogen-bond acceptors (Lipinski definition) is 2. The molecule has 0 aliphatic heterocycles. The first-order valence-corrected chi connectivity index (χ1v) is 16.0. The van der Waals surface area contributed by atoms with Crippen LogP contribution in [0.1, 0.15) is 0 Å². The van der Waals surface area contributed by atoms with Crippen LogP contribution in [0.3, 0.4) is 0 Å². The highest BCUT2D eigenvalue weighted by Crippen LogP contribution is 2.43. The lowest BCUT2D eigenvalue weighted by Crippen LogP contribution is -1.95. The molecule has 3 heteroatoms. The van der Waals surface area contributed by atoms with Crippen LogP contribution in [0.4, 0.5) is 0 Å². The molecule has 0 bridgehead atoms. The Morgan fingerprint density at radius 1 is 0.426 bits per heavy atom. The average molecular weight is 598 g/mol. The topological polar surface area (TPSA) is 30.7 Å². The number of benzene rings is 7. The molecule has 3 heterocycles. The lowest BCUT2D eigenvalue weighted by atomic mass is 9.88. The van der Waals surface area contributed by atoms with Gasteiger partial charge in [0.25, 0.3) is 0 Å². The Labute approximate surface area is 271 Å². The predicted molar refractivity (Wildman–Crippen MR) is 197 cm³/mol. The Bertz CT molecular complexity index is 2810. The fourth-order valence-corrected chi connectivity index (χ4v) is 7.56. The van der Waals surface area contributed by atoms with Crippen LogP contribution in [-0.2, 0) is 0 Å². The van der Waals surface area contributed by atoms with Crippen LogP contribution in [0, 0.1) is 0 Å². The molecule has 0 unspecified atom stereocenters. The van der Waals surface area contributed by atoms with Crippen LogP contribution >= 0.6 is 0 Å². The number of rotatable bonds is 3. The van der Waals surface area contributed by atoms with Crippen molar-refractivity contribution in [3.63, 3.8) is 0 Å². The summed E-state index contributed by atoms with van der Waals surface area (Å²) in [5.41, 5.74) is 11.2. The monoisotopic (exact) mass is 597 g/mol. The number of hydrogen-bond donors (Lipinski definition) is 0. The molecule has 0 radical (unpaired) electrons. The number of fused-ring (bicyclic) bond motifs is 8. The van der Waals surface area contributed by atoms with Gasteiger partial charge in [-0.3, -0.25) is 4.98 Å². The molecule has 3 aromatic heterocycles. The Balaban J connectivity index is 1.22. The van der Waals surface area contributed by atoms with E-state index in [2.05, 4.69) is 156 Å². The lowest BCUT2D eigenvalue weighted by molar-refractivity contribution is 1.18. The van der Waals surface area contributed by atoms with Crippen LogP contribution < -0.4 is 0 Å². The molecular formula is C44H27N3. The van der Waals surface area contributed by atoms with Crippen molar-refractivity contribution in [3.05, 3.63) is 164 Å². The van der Waals surface area contributed by atoms with E-state index in [0.29, 0.717) is 0 Å². The molecule has 218 valence electrons. The third-order valence-corrected chi connectivity index (χ3v) is 9.61. The van der Waals surface area contributed by atoms with Gasteiger partial charge in [0.05, 0.1) is 27.6 Å². The summed E-state index contributed by atoms with van der Waals surface area (Å²) in [6.45, 7) is 0. The Kier molecular flexibility index (Phi) is 5.57. The maximum Gasteiger partial charge on any atom is 0.0978 e. The molecular weight excluding hydrogens is 571 g/mol. The molecule has 47 heavy (non-hydrogen) atoms. The molecule has 0 N–H and O–H groups in total. The van der Waals surface area contributed by atoms with Crippen molar-refractivity contribution < 1.29 is 0 Å². The van der Waals surface area contributed by atoms with Crippen LogP contribution in [0.2, 0.25) is 0 Å². The summed E-state index contributed by atoms with van der Waals surface area (Å²) in [5.74, 6) is 0. The zero-order valence-electron chi connectivity index (χ0n) is 25.4. The third kappa shape index (κ3) is 3.87. The average Bonchev–Trinajstić information content (AvgIpc) is 3.48. The van der Waals surface area contributed by atoms with Gasteiger partial charge in [-0.2, -0.15) is 0 Å². The number of nitrogens with zero attached hydrogens (tertiary/aromatic N) is 3. The second kappa shape index (κ2) is 10.1. The van der Waals surface area contributed by atoms with E-state index >= 15 is 0 Å². The maximum absolute atomic E-state index is 5.15. The summed E-state index contributed by atoms with van der Waals surface area (Å²) < 4.78 is 2.39. The normalized spacial score (nSPS) is 11.8. The predicted octanol–water partition coefficient (Wildman–Crippen LogP) is 11.5. The minimum atomic E-state index is 0.930. The molecule has 0 aliphatic rings. The molecule has 10 aromatic rings. The van der Waals surface area contributed by atoms with Gasteiger partial charge in [-0.25, -0.2) is 4.98 Å². The molecule has 0 amide bonds. The summed E-state index contributed by atoms with van der Waals surface area (Å²) in [7, 11) is 0. The van der Waals surface area contributed by atoms with Gasteiger partial charge in [-0.05, 0) is 63.9 Å². The standard InChI is InChI=1S/C44H27N3/c1-2-15-33-32(14-1)31(29-11-9-13-30(27-29)47-40-20-7-4-16-34(40)35-17-5-8-21-41(35)47)24-25-36(33)42-37-18-3-6-19-39(37)46-44-38(42)23-22-28-12-10-26-45-43(28)44/h1-27H. The molecule has 0 saturated heterocycles. The SMILES string of the molecule is c1cc(-c2ccc(-c3c4ccccc4nc4c3ccc3cccnc34)c3ccccc23)cc(-n2c3ccccc3c3ccccc32)c1. The lowest BCUT2D eigenvalue weighted by Gasteiger charge is -2.17. The fraction of sp³-hybridized carbons (Fsp3) is 0. The number of aromatic nitrogens is 3. The summed E-state index contributed by atoms with van der Waals surface area (Å²) >= 11 is 0. The highest BCUT2D eigenvalue weighted by Gasteiger charge is 2.18. The zero-order valence-corrected chi connectivity index (χ0v) is 25.4. The van der Waals surface area contributed by atoms with E-state index in [9.17, 15) is 0 Å².